The molecule has 0 saturated carbocycles. The first-order valence-electron chi connectivity index (χ1n) is 7.46. The number of thioether (sulfide) groups is 1. The zero-order valence-corrected chi connectivity index (χ0v) is 16.5. The second kappa shape index (κ2) is 6.90. The third-order valence-electron chi connectivity index (χ3n) is 3.64. The third-order valence-corrected chi connectivity index (χ3v) is 7.33. The summed E-state index contributed by atoms with van der Waals surface area (Å²) >= 11 is 2.84. The van der Waals surface area contributed by atoms with Crippen molar-refractivity contribution < 1.29 is 8.42 Å². The summed E-state index contributed by atoms with van der Waals surface area (Å²) in [5.41, 5.74) is 7.17. The number of rotatable bonds is 6. The number of aromatic nitrogens is 4. The van der Waals surface area contributed by atoms with Gasteiger partial charge in [-0.15, -0.1) is 10.2 Å². The molecule has 0 fully saturated rings. The standard InChI is InChI=1S/C14H18N6O2S3/c1-4-20-11-6-5-9(25(21,22)19(2)3)7-10(11)16-12(20)8-23-14-18-17-13(15)24-14/h5-7H,4,8H2,1-3H3,(H2,15,17). The van der Waals surface area contributed by atoms with E-state index in [0.29, 0.717) is 16.4 Å². The zero-order valence-electron chi connectivity index (χ0n) is 14.0. The quantitative estimate of drug-likeness (QED) is 0.633. The van der Waals surface area contributed by atoms with E-state index < -0.39 is 10.0 Å². The number of fused-ring (bicyclic) bond motifs is 1. The van der Waals surface area contributed by atoms with E-state index in [1.54, 1.807) is 18.2 Å². The molecule has 1 aromatic carbocycles. The van der Waals surface area contributed by atoms with Crippen molar-refractivity contribution in [2.24, 2.45) is 0 Å². The minimum Gasteiger partial charge on any atom is -0.374 e. The number of hydrogen-bond acceptors (Lipinski definition) is 8. The Labute approximate surface area is 154 Å². The maximum atomic E-state index is 12.3. The lowest BCUT2D eigenvalue weighted by Crippen LogP contribution is -2.22. The predicted octanol–water partition coefficient (Wildman–Crippen LogP) is 2.03. The van der Waals surface area contributed by atoms with Crippen molar-refractivity contribution in [1.29, 1.82) is 0 Å². The largest absolute Gasteiger partial charge is 0.374 e. The molecule has 0 radical (unpaired) electrons. The Morgan fingerprint density at radius 3 is 2.68 bits per heavy atom. The van der Waals surface area contributed by atoms with Crippen LogP contribution < -0.4 is 5.73 Å². The van der Waals surface area contributed by atoms with Crippen LogP contribution in [0.25, 0.3) is 11.0 Å². The highest BCUT2D eigenvalue weighted by molar-refractivity contribution is 8.00. The van der Waals surface area contributed by atoms with E-state index in [1.165, 1.54) is 41.5 Å². The van der Waals surface area contributed by atoms with Crippen molar-refractivity contribution in [3.05, 3.63) is 24.0 Å². The SMILES string of the molecule is CCn1c(CSc2nnc(N)s2)nc2cc(S(=O)(=O)N(C)C)ccc21. The highest BCUT2D eigenvalue weighted by Gasteiger charge is 2.19. The van der Waals surface area contributed by atoms with E-state index >= 15 is 0 Å². The number of benzene rings is 1. The molecule has 2 N–H and O–H groups in total. The summed E-state index contributed by atoms with van der Waals surface area (Å²) in [6.45, 7) is 2.77. The summed E-state index contributed by atoms with van der Waals surface area (Å²) in [7, 11) is -0.455. The first-order chi connectivity index (χ1) is 11.8. The Morgan fingerprint density at radius 2 is 2.08 bits per heavy atom. The second-order valence-electron chi connectivity index (χ2n) is 5.41. The van der Waals surface area contributed by atoms with E-state index in [9.17, 15) is 8.42 Å². The molecule has 0 amide bonds. The van der Waals surface area contributed by atoms with Gasteiger partial charge in [0.25, 0.3) is 0 Å². The van der Waals surface area contributed by atoms with Gasteiger partial charge >= 0.3 is 0 Å². The highest BCUT2D eigenvalue weighted by atomic mass is 32.2. The Hall–Kier alpha value is -1.69. The maximum Gasteiger partial charge on any atom is 0.242 e. The Balaban J connectivity index is 1.96. The summed E-state index contributed by atoms with van der Waals surface area (Å²) in [5, 5.41) is 8.22. The van der Waals surface area contributed by atoms with Gasteiger partial charge < -0.3 is 10.3 Å². The number of anilines is 1. The zero-order chi connectivity index (χ0) is 18.2. The van der Waals surface area contributed by atoms with Gasteiger partial charge in [-0.25, -0.2) is 17.7 Å². The molecule has 0 spiro atoms. The molecular formula is C14H18N6O2S3. The first kappa shape index (κ1) is 18.1. The van der Waals surface area contributed by atoms with E-state index in [-0.39, 0.29) is 4.90 Å². The molecular weight excluding hydrogens is 380 g/mol. The normalized spacial score (nSPS) is 12.3. The van der Waals surface area contributed by atoms with Crippen molar-refractivity contribution in [1.82, 2.24) is 24.1 Å². The summed E-state index contributed by atoms with van der Waals surface area (Å²) in [4.78, 5) is 4.86. The highest BCUT2D eigenvalue weighted by Crippen LogP contribution is 2.29. The molecule has 0 saturated heterocycles. The van der Waals surface area contributed by atoms with Gasteiger partial charge in [0.05, 0.1) is 21.7 Å². The summed E-state index contributed by atoms with van der Waals surface area (Å²) < 4.78 is 28.7. The van der Waals surface area contributed by atoms with Crippen molar-refractivity contribution in [3.63, 3.8) is 0 Å². The Bertz CT molecular complexity index is 1010. The Morgan fingerprint density at radius 1 is 1.32 bits per heavy atom. The van der Waals surface area contributed by atoms with Crippen LogP contribution in [0.15, 0.2) is 27.4 Å². The van der Waals surface area contributed by atoms with Crippen molar-refractivity contribution in [3.8, 4) is 0 Å². The number of sulfonamides is 1. The van der Waals surface area contributed by atoms with Gasteiger partial charge in [0.15, 0.2) is 4.34 Å². The molecule has 134 valence electrons. The maximum absolute atomic E-state index is 12.3. The Kier molecular flexibility index (Phi) is 5.00. The van der Waals surface area contributed by atoms with E-state index in [2.05, 4.69) is 19.7 Å². The van der Waals surface area contributed by atoms with Crippen molar-refractivity contribution in [2.75, 3.05) is 19.8 Å². The number of hydrogen-bond donors (Lipinski definition) is 1. The second-order valence-corrected chi connectivity index (χ2v) is 9.79. The summed E-state index contributed by atoms with van der Waals surface area (Å²) in [6, 6.07) is 5.04. The van der Waals surface area contributed by atoms with Gasteiger partial charge in [0.2, 0.25) is 15.2 Å². The molecule has 0 aliphatic rings. The van der Waals surface area contributed by atoms with Crippen molar-refractivity contribution in [2.45, 2.75) is 28.5 Å². The topological polar surface area (TPSA) is 107 Å². The number of nitrogens with zero attached hydrogens (tertiary/aromatic N) is 5. The van der Waals surface area contributed by atoms with Gasteiger partial charge in [-0.2, -0.15) is 0 Å². The molecule has 8 nitrogen and oxygen atoms in total. The average molecular weight is 399 g/mol. The van der Waals surface area contributed by atoms with E-state index in [4.69, 9.17) is 5.73 Å². The lowest BCUT2D eigenvalue weighted by Gasteiger charge is -2.11. The predicted molar refractivity (Wildman–Crippen MR) is 100 cm³/mol. The number of nitrogens with two attached hydrogens (primary N) is 1. The summed E-state index contributed by atoms with van der Waals surface area (Å²) in [5.74, 6) is 1.46. The van der Waals surface area contributed by atoms with Crippen LogP contribution in [0.5, 0.6) is 0 Å². The van der Waals surface area contributed by atoms with Crippen LogP contribution in [-0.2, 0) is 22.3 Å². The lowest BCUT2D eigenvalue weighted by molar-refractivity contribution is 0.521. The molecule has 0 aliphatic heterocycles. The van der Waals surface area contributed by atoms with Crippen LogP contribution in [0.4, 0.5) is 5.13 Å². The fourth-order valence-electron chi connectivity index (χ4n) is 2.40. The minimum absolute atomic E-state index is 0.238. The van der Waals surface area contributed by atoms with Gasteiger partial charge in [-0.3, -0.25) is 0 Å². The molecule has 0 atom stereocenters. The van der Waals surface area contributed by atoms with Crippen molar-refractivity contribution >= 4 is 49.3 Å². The third kappa shape index (κ3) is 3.50. The molecule has 2 aromatic heterocycles. The van der Waals surface area contributed by atoms with E-state index in [0.717, 1.165) is 22.2 Å². The van der Waals surface area contributed by atoms with Crippen LogP contribution in [0, 0.1) is 0 Å². The molecule has 0 aliphatic carbocycles. The average Bonchev–Trinajstić information content (AvgIpc) is 3.14. The lowest BCUT2D eigenvalue weighted by atomic mass is 10.3. The molecule has 3 rings (SSSR count). The monoisotopic (exact) mass is 398 g/mol. The fraction of sp³-hybridized carbons (Fsp3) is 0.357. The van der Waals surface area contributed by atoms with Gasteiger partial charge in [0, 0.05) is 20.6 Å². The molecule has 11 heteroatoms. The first-order valence-corrected chi connectivity index (χ1v) is 10.7. The summed E-state index contributed by atoms with van der Waals surface area (Å²) in [6.07, 6.45) is 0. The molecule has 0 unspecified atom stereocenters. The van der Waals surface area contributed by atoms with Crippen LogP contribution in [-0.4, -0.2) is 46.6 Å². The fourth-order valence-corrected chi connectivity index (χ4v) is 4.90. The number of imidazole rings is 1. The van der Waals surface area contributed by atoms with Crippen LogP contribution in [0.3, 0.4) is 0 Å². The minimum atomic E-state index is -3.48. The smallest absolute Gasteiger partial charge is 0.242 e. The van der Waals surface area contributed by atoms with Crippen LogP contribution in [0.1, 0.15) is 12.7 Å². The molecule has 25 heavy (non-hydrogen) atoms. The molecule has 0 bridgehead atoms. The van der Waals surface area contributed by atoms with Crippen LogP contribution >= 0.6 is 23.1 Å². The van der Waals surface area contributed by atoms with E-state index in [1.807, 2.05) is 6.92 Å². The number of aryl methyl sites for hydroxylation is 1. The molecule has 3 aromatic rings. The number of nitrogen functional groups attached to an aromatic ring is 1. The van der Waals surface area contributed by atoms with Crippen LogP contribution in [0.2, 0.25) is 0 Å². The molecule has 2 heterocycles. The van der Waals surface area contributed by atoms with Gasteiger partial charge in [-0.05, 0) is 25.1 Å². The van der Waals surface area contributed by atoms with Gasteiger partial charge in [0.1, 0.15) is 5.82 Å². The van der Waals surface area contributed by atoms with Gasteiger partial charge in [-0.1, -0.05) is 23.1 Å².